The first kappa shape index (κ1) is 18.1. The minimum Gasteiger partial charge on any atom is -0.492 e. The van der Waals surface area contributed by atoms with E-state index in [1.54, 1.807) is 18.2 Å². The first-order valence-electron chi connectivity index (χ1n) is 7.14. The summed E-state index contributed by atoms with van der Waals surface area (Å²) in [6, 6.07) is 11.1. The molecule has 0 aromatic heterocycles. The molecule has 2 aromatic carbocycles. The van der Waals surface area contributed by atoms with Crippen molar-refractivity contribution in [1.29, 1.82) is 0 Å². The van der Waals surface area contributed by atoms with Gasteiger partial charge >= 0.3 is 5.97 Å². The largest absolute Gasteiger partial charge is 0.492 e. The van der Waals surface area contributed by atoms with E-state index in [9.17, 15) is 9.59 Å². The van der Waals surface area contributed by atoms with E-state index < -0.39 is 11.9 Å². The summed E-state index contributed by atoms with van der Waals surface area (Å²) in [6.07, 6.45) is 0.636. The number of rotatable bonds is 7. The molecule has 0 unspecified atom stereocenters. The van der Waals surface area contributed by atoms with Crippen molar-refractivity contribution in [1.82, 2.24) is 0 Å². The summed E-state index contributed by atoms with van der Waals surface area (Å²) in [7, 11) is 0. The van der Waals surface area contributed by atoms with Crippen molar-refractivity contribution in [2.24, 2.45) is 5.73 Å². The second-order valence-electron chi connectivity index (χ2n) is 4.87. The van der Waals surface area contributed by atoms with Gasteiger partial charge in [0.2, 0.25) is 5.91 Å². The summed E-state index contributed by atoms with van der Waals surface area (Å²) >= 11 is 11.9. The van der Waals surface area contributed by atoms with Gasteiger partial charge in [-0.15, -0.1) is 0 Å². The van der Waals surface area contributed by atoms with Crippen LogP contribution in [0.5, 0.6) is 11.5 Å². The molecule has 0 saturated heterocycles. The predicted molar refractivity (Wildman–Crippen MR) is 91.8 cm³/mol. The molecule has 0 heterocycles. The smallest absolute Gasteiger partial charge is 0.311 e. The third-order valence-corrected chi connectivity index (χ3v) is 3.87. The van der Waals surface area contributed by atoms with Crippen LogP contribution in [0, 0.1) is 0 Å². The number of carbonyl (C=O) groups excluding carboxylic acids is 2. The molecular weight excluding hydrogens is 353 g/mol. The van der Waals surface area contributed by atoms with E-state index in [1.807, 2.05) is 0 Å². The molecule has 126 valence electrons. The topological polar surface area (TPSA) is 78.6 Å². The van der Waals surface area contributed by atoms with Gasteiger partial charge in [0.25, 0.3) is 0 Å². The van der Waals surface area contributed by atoms with E-state index in [2.05, 4.69) is 0 Å². The second-order valence-corrected chi connectivity index (χ2v) is 5.65. The zero-order chi connectivity index (χ0) is 17.5. The number of amides is 1. The maximum Gasteiger partial charge on any atom is 0.311 e. The lowest BCUT2D eigenvalue weighted by Gasteiger charge is -2.09. The fourth-order valence-corrected chi connectivity index (χ4v) is 2.21. The average molecular weight is 368 g/mol. The number of hydrogen-bond acceptors (Lipinski definition) is 4. The van der Waals surface area contributed by atoms with Crippen molar-refractivity contribution in [3.05, 3.63) is 58.1 Å². The Kier molecular flexibility index (Phi) is 6.46. The first-order chi connectivity index (χ1) is 11.5. The van der Waals surface area contributed by atoms with Gasteiger partial charge in [0.05, 0.1) is 11.6 Å². The van der Waals surface area contributed by atoms with Crippen molar-refractivity contribution in [2.45, 2.75) is 12.8 Å². The molecule has 0 spiro atoms. The molecule has 0 aliphatic carbocycles. The Bertz CT molecular complexity index is 732. The van der Waals surface area contributed by atoms with Crippen molar-refractivity contribution in [3.8, 4) is 11.5 Å². The molecule has 0 aliphatic rings. The monoisotopic (exact) mass is 367 g/mol. The average Bonchev–Trinajstić information content (AvgIpc) is 2.55. The van der Waals surface area contributed by atoms with Gasteiger partial charge in [-0.2, -0.15) is 0 Å². The van der Waals surface area contributed by atoms with E-state index in [0.717, 1.165) is 0 Å². The van der Waals surface area contributed by atoms with Crippen LogP contribution in [0.3, 0.4) is 0 Å². The molecule has 0 fully saturated rings. The van der Waals surface area contributed by atoms with Gasteiger partial charge in [-0.1, -0.05) is 29.3 Å². The highest BCUT2D eigenvalue weighted by Gasteiger charge is 2.08. The number of esters is 1. The minimum absolute atomic E-state index is 0.176. The van der Waals surface area contributed by atoms with Crippen LogP contribution < -0.4 is 15.2 Å². The Hall–Kier alpha value is -2.24. The molecule has 0 aliphatic heterocycles. The standard InChI is InChI=1S/C17H15Cl2NO4/c18-13-3-1-4-14(16(13)19)23-10-2-5-15(21)24-12-8-6-11(7-9-12)17(20)22/h1,3-4,6-9H,2,5,10H2,(H2,20,22). The van der Waals surface area contributed by atoms with Crippen molar-refractivity contribution < 1.29 is 19.1 Å². The molecule has 0 bridgehead atoms. The molecule has 2 aromatic rings. The minimum atomic E-state index is -0.537. The van der Waals surface area contributed by atoms with Crippen LogP contribution in [-0.4, -0.2) is 18.5 Å². The normalized spacial score (nSPS) is 10.2. The van der Waals surface area contributed by atoms with Gasteiger partial charge in [0, 0.05) is 12.0 Å². The Morgan fingerprint density at radius 3 is 2.42 bits per heavy atom. The number of hydrogen-bond donors (Lipinski definition) is 1. The zero-order valence-corrected chi connectivity index (χ0v) is 14.1. The Balaban J connectivity index is 1.75. The highest BCUT2D eigenvalue weighted by molar-refractivity contribution is 6.42. The molecule has 2 N–H and O–H groups in total. The highest BCUT2D eigenvalue weighted by atomic mass is 35.5. The van der Waals surface area contributed by atoms with Crippen LogP contribution in [0.15, 0.2) is 42.5 Å². The lowest BCUT2D eigenvalue weighted by atomic mass is 10.2. The van der Waals surface area contributed by atoms with E-state index in [-0.39, 0.29) is 6.42 Å². The molecule has 0 atom stereocenters. The molecule has 0 saturated carbocycles. The Labute approximate surface area is 149 Å². The lowest BCUT2D eigenvalue weighted by Crippen LogP contribution is -2.12. The second kappa shape index (κ2) is 8.57. The maximum atomic E-state index is 11.7. The molecule has 1 amide bonds. The maximum absolute atomic E-state index is 11.7. The summed E-state index contributed by atoms with van der Waals surface area (Å²) in [5.74, 6) is -0.115. The number of halogens is 2. The van der Waals surface area contributed by atoms with Gasteiger partial charge in [-0.25, -0.2) is 0 Å². The molecule has 5 nitrogen and oxygen atoms in total. The van der Waals surface area contributed by atoms with Crippen LogP contribution in [0.25, 0.3) is 0 Å². The third kappa shape index (κ3) is 5.15. The molecular formula is C17H15Cl2NO4. The van der Waals surface area contributed by atoms with E-state index in [1.165, 1.54) is 24.3 Å². The van der Waals surface area contributed by atoms with Gasteiger partial charge in [0.1, 0.15) is 16.5 Å². The third-order valence-electron chi connectivity index (χ3n) is 3.07. The van der Waals surface area contributed by atoms with Crippen LogP contribution in [-0.2, 0) is 4.79 Å². The zero-order valence-electron chi connectivity index (χ0n) is 12.6. The van der Waals surface area contributed by atoms with Gasteiger partial charge in [-0.3, -0.25) is 9.59 Å². The number of primary amides is 1. The van der Waals surface area contributed by atoms with Crippen molar-refractivity contribution >= 4 is 35.1 Å². The Morgan fingerprint density at radius 2 is 1.75 bits per heavy atom. The van der Waals surface area contributed by atoms with Gasteiger partial charge in [0.15, 0.2) is 0 Å². The highest BCUT2D eigenvalue weighted by Crippen LogP contribution is 2.31. The molecule has 0 radical (unpaired) electrons. The number of benzene rings is 2. The lowest BCUT2D eigenvalue weighted by molar-refractivity contribution is -0.134. The van der Waals surface area contributed by atoms with Crippen molar-refractivity contribution in [3.63, 3.8) is 0 Å². The van der Waals surface area contributed by atoms with E-state index in [0.29, 0.717) is 40.1 Å². The molecule has 7 heteroatoms. The van der Waals surface area contributed by atoms with Crippen LogP contribution in [0.4, 0.5) is 0 Å². The van der Waals surface area contributed by atoms with Gasteiger partial charge < -0.3 is 15.2 Å². The molecule has 24 heavy (non-hydrogen) atoms. The Morgan fingerprint density at radius 1 is 1.04 bits per heavy atom. The summed E-state index contributed by atoms with van der Waals surface area (Å²) in [5.41, 5.74) is 5.48. The van der Waals surface area contributed by atoms with E-state index >= 15 is 0 Å². The number of ether oxygens (including phenoxy) is 2. The van der Waals surface area contributed by atoms with Gasteiger partial charge in [-0.05, 0) is 42.8 Å². The van der Waals surface area contributed by atoms with Crippen LogP contribution in [0.2, 0.25) is 10.0 Å². The SMILES string of the molecule is NC(=O)c1ccc(OC(=O)CCCOc2cccc(Cl)c2Cl)cc1. The summed E-state index contributed by atoms with van der Waals surface area (Å²) in [4.78, 5) is 22.7. The summed E-state index contributed by atoms with van der Waals surface area (Å²) in [6.45, 7) is 0.301. The van der Waals surface area contributed by atoms with Crippen LogP contribution in [0.1, 0.15) is 23.2 Å². The quantitative estimate of drug-likeness (QED) is 0.457. The van der Waals surface area contributed by atoms with Crippen molar-refractivity contribution in [2.75, 3.05) is 6.61 Å². The fourth-order valence-electron chi connectivity index (χ4n) is 1.86. The number of carbonyl (C=O) groups is 2. The predicted octanol–water partition coefficient (Wildman–Crippen LogP) is 3.86. The van der Waals surface area contributed by atoms with Crippen LogP contribution >= 0.6 is 23.2 Å². The fraction of sp³-hybridized carbons (Fsp3) is 0.176. The van der Waals surface area contributed by atoms with E-state index in [4.69, 9.17) is 38.4 Å². The number of nitrogens with two attached hydrogens (primary N) is 1. The first-order valence-corrected chi connectivity index (χ1v) is 7.90. The summed E-state index contributed by atoms with van der Waals surface area (Å²) < 4.78 is 10.6. The molecule has 2 rings (SSSR count). The summed E-state index contributed by atoms with van der Waals surface area (Å²) in [5, 5.41) is 0.754.